The van der Waals surface area contributed by atoms with E-state index in [9.17, 15) is 0 Å². The van der Waals surface area contributed by atoms with Crippen molar-refractivity contribution in [1.29, 1.82) is 0 Å². The smallest absolute Gasteiger partial charge is 0.218 e. The molecule has 2 nitrogen and oxygen atoms in total. The summed E-state index contributed by atoms with van der Waals surface area (Å²) >= 11 is 0. The first-order chi connectivity index (χ1) is 6.75. The van der Waals surface area contributed by atoms with Gasteiger partial charge < -0.3 is 5.32 Å². The zero-order valence-corrected chi connectivity index (χ0v) is 8.67. The Bertz CT molecular complexity index is 510. The fraction of sp³-hybridized carbons (Fsp3) is 0.417. The molecule has 1 aliphatic heterocycles. The van der Waals surface area contributed by atoms with Crippen LogP contribution >= 0.6 is 0 Å². The number of nitrogens with one attached hydrogen (secondary N) is 1. The molecule has 0 bridgehead atoms. The molecule has 14 heavy (non-hydrogen) atoms. The summed E-state index contributed by atoms with van der Waals surface area (Å²) in [4.78, 5) is 0. The Morgan fingerprint density at radius 2 is 2.14 bits per heavy atom. The highest BCUT2D eigenvalue weighted by Crippen LogP contribution is 2.44. The van der Waals surface area contributed by atoms with Gasteiger partial charge in [-0.25, -0.2) is 0 Å². The first kappa shape index (κ1) is 8.18. The van der Waals surface area contributed by atoms with Crippen molar-refractivity contribution in [1.82, 2.24) is 9.89 Å². The molecule has 1 fully saturated rings. The minimum Gasteiger partial charge on any atom is -0.310 e. The van der Waals surface area contributed by atoms with E-state index < -0.39 is 0 Å². The summed E-state index contributed by atoms with van der Waals surface area (Å²) in [5, 5.41) is 6.15. The highest BCUT2D eigenvalue weighted by Gasteiger charge is 2.42. The predicted octanol–water partition coefficient (Wildman–Crippen LogP) is -0.232. The van der Waals surface area contributed by atoms with E-state index in [0.717, 1.165) is 0 Å². The van der Waals surface area contributed by atoms with Gasteiger partial charge in [0.1, 0.15) is 12.3 Å². The fourth-order valence-corrected chi connectivity index (χ4v) is 2.30. The van der Waals surface area contributed by atoms with Crippen molar-refractivity contribution in [2.45, 2.75) is 18.4 Å². The lowest BCUT2D eigenvalue weighted by molar-refractivity contribution is 0.584. The summed E-state index contributed by atoms with van der Waals surface area (Å²) in [5.74, 6) is 0. The molecule has 1 aromatic carbocycles. The van der Waals surface area contributed by atoms with Gasteiger partial charge in [0.2, 0.25) is 5.36 Å². The highest BCUT2D eigenvalue weighted by molar-refractivity contribution is 5.38. The van der Waals surface area contributed by atoms with E-state index in [0.29, 0.717) is 5.54 Å². The van der Waals surface area contributed by atoms with Gasteiger partial charge in [0.15, 0.2) is 6.20 Å². The topological polar surface area (TPSA) is 15.0 Å². The molecule has 1 heterocycles. The van der Waals surface area contributed by atoms with E-state index in [4.69, 9.17) is 0 Å². The van der Waals surface area contributed by atoms with Crippen LogP contribution in [-0.4, -0.2) is 14.1 Å². The van der Waals surface area contributed by atoms with Crippen LogP contribution < -0.4 is 20.5 Å². The van der Waals surface area contributed by atoms with Gasteiger partial charge in [0.25, 0.3) is 0 Å². The molecule has 0 unspecified atom stereocenters. The van der Waals surface area contributed by atoms with E-state index in [1.807, 2.05) is 0 Å². The molecule has 0 amide bonds. The third-order valence-electron chi connectivity index (χ3n) is 3.52. The van der Waals surface area contributed by atoms with E-state index in [2.05, 4.69) is 48.4 Å². The summed E-state index contributed by atoms with van der Waals surface area (Å²) < 4.78 is 2.16. The maximum atomic E-state index is 3.42. The molecular formula is C12H15N2+. The number of fused-ring (bicyclic) bond motifs is 1. The third kappa shape index (κ3) is 0.919. The van der Waals surface area contributed by atoms with Crippen LogP contribution in [0.2, 0.25) is 0 Å². The Morgan fingerprint density at radius 3 is 2.64 bits per heavy atom. The normalized spacial score (nSPS) is 20.9. The molecule has 0 saturated heterocycles. The molecule has 1 aromatic rings. The molecule has 0 spiro atoms. The summed E-state index contributed by atoms with van der Waals surface area (Å²) in [6.07, 6.45) is 4.74. The maximum absolute atomic E-state index is 3.42. The van der Waals surface area contributed by atoms with E-state index >= 15 is 0 Å². The largest absolute Gasteiger partial charge is 0.310 e. The second-order valence-corrected chi connectivity index (χ2v) is 4.35. The Hall–Kier alpha value is -1.15. The SMILES string of the molecule is CNC1(c2ccc3c(c2)=C[N+]=3C)CC1. The van der Waals surface area contributed by atoms with Crippen molar-refractivity contribution < 1.29 is 0 Å². The van der Waals surface area contributed by atoms with Crippen LogP contribution in [0, 0.1) is 0 Å². The van der Waals surface area contributed by atoms with Gasteiger partial charge in [-0.05, 0) is 31.5 Å². The van der Waals surface area contributed by atoms with Crippen LogP contribution in [0.5, 0.6) is 0 Å². The minimum absolute atomic E-state index is 0.303. The first-order valence-corrected chi connectivity index (χ1v) is 5.16. The highest BCUT2D eigenvalue weighted by atomic mass is 15.0. The molecule has 1 aliphatic carbocycles. The van der Waals surface area contributed by atoms with Gasteiger partial charge in [0.05, 0.1) is 0 Å². The Kier molecular flexibility index (Phi) is 1.43. The average Bonchev–Trinajstić information content (AvgIpc) is 2.96. The number of hydrogen-bond donors (Lipinski definition) is 1. The van der Waals surface area contributed by atoms with Gasteiger partial charge in [-0.15, -0.1) is 0 Å². The van der Waals surface area contributed by atoms with Gasteiger partial charge in [-0.1, -0.05) is 6.07 Å². The molecule has 1 N–H and O–H groups in total. The third-order valence-corrected chi connectivity index (χ3v) is 3.52. The van der Waals surface area contributed by atoms with Crippen LogP contribution in [0.4, 0.5) is 0 Å². The first-order valence-electron chi connectivity index (χ1n) is 5.16. The summed E-state index contributed by atoms with van der Waals surface area (Å²) in [7, 11) is 4.15. The lowest BCUT2D eigenvalue weighted by Crippen LogP contribution is -2.45. The Morgan fingerprint density at radius 1 is 1.36 bits per heavy atom. The van der Waals surface area contributed by atoms with Gasteiger partial charge >= 0.3 is 0 Å². The Balaban J connectivity index is 2.12. The van der Waals surface area contributed by atoms with Gasteiger partial charge in [-0.2, -0.15) is 4.58 Å². The number of rotatable bonds is 2. The lowest BCUT2D eigenvalue weighted by atomic mass is 10.0. The standard InChI is InChI=1S/C12H15N2/c1-13-12(5-6-12)10-3-4-11-9(7-10)8-14(11)2/h3-4,7-8,13H,5-6H2,1-2H3/q+1. The van der Waals surface area contributed by atoms with Gasteiger partial charge in [-0.3, -0.25) is 0 Å². The van der Waals surface area contributed by atoms with E-state index in [-0.39, 0.29) is 0 Å². The van der Waals surface area contributed by atoms with Crippen LogP contribution in [0.25, 0.3) is 6.20 Å². The number of nitrogens with zero attached hydrogens (tertiary/aromatic N) is 1. The number of benzene rings is 1. The van der Waals surface area contributed by atoms with Crippen LogP contribution in [0.15, 0.2) is 18.2 Å². The fourth-order valence-electron chi connectivity index (χ4n) is 2.30. The van der Waals surface area contributed by atoms with Crippen LogP contribution in [-0.2, 0) is 5.54 Å². The van der Waals surface area contributed by atoms with Crippen LogP contribution in [0.1, 0.15) is 18.4 Å². The van der Waals surface area contributed by atoms with Crippen molar-refractivity contribution in [3.05, 3.63) is 34.3 Å². The van der Waals surface area contributed by atoms with E-state index in [1.54, 1.807) is 0 Å². The molecule has 1 saturated carbocycles. The monoisotopic (exact) mass is 187 g/mol. The quantitative estimate of drug-likeness (QED) is 0.632. The second kappa shape index (κ2) is 2.45. The molecule has 3 rings (SSSR count). The van der Waals surface area contributed by atoms with Crippen molar-refractivity contribution in [3.63, 3.8) is 0 Å². The predicted molar refractivity (Wildman–Crippen MR) is 57.3 cm³/mol. The second-order valence-electron chi connectivity index (χ2n) is 4.35. The summed E-state index contributed by atoms with van der Waals surface area (Å²) in [6.45, 7) is 0. The number of hydrogen-bond acceptors (Lipinski definition) is 1. The Labute approximate surface area is 83.6 Å². The molecule has 2 aliphatic rings. The average molecular weight is 187 g/mol. The van der Waals surface area contributed by atoms with Crippen molar-refractivity contribution in [3.8, 4) is 0 Å². The van der Waals surface area contributed by atoms with Crippen molar-refractivity contribution in [2.75, 3.05) is 14.1 Å². The lowest BCUT2D eigenvalue weighted by Gasteiger charge is -2.14. The van der Waals surface area contributed by atoms with Crippen LogP contribution in [0.3, 0.4) is 0 Å². The molecule has 0 atom stereocenters. The van der Waals surface area contributed by atoms with Gasteiger partial charge in [0, 0.05) is 11.6 Å². The zero-order chi connectivity index (χ0) is 9.76. The molecule has 72 valence electrons. The summed E-state index contributed by atoms with van der Waals surface area (Å²) in [5.41, 5.74) is 1.75. The molecular weight excluding hydrogens is 172 g/mol. The van der Waals surface area contributed by atoms with Crippen molar-refractivity contribution >= 4 is 6.20 Å². The van der Waals surface area contributed by atoms with Crippen molar-refractivity contribution in [2.24, 2.45) is 0 Å². The summed E-state index contributed by atoms with van der Waals surface area (Å²) in [6, 6.07) is 6.80. The molecule has 0 aromatic heterocycles. The van der Waals surface area contributed by atoms with E-state index in [1.165, 1.54) is 29.0 Å². The maximum Gasteiger partial charge on any atom is 0.218 e. The molecule has 2 heteroatoms. The minimum atomic E-state index is 0.303. The molecule has 0 radical (unpaired) electrons. The zero-order valence-electron chi connectivity index (χ0n) is 8.67.